The largest absolute Gasteiger partial charge is 0.465 e. The Balaban J connectivity index is 2.29. The molecule has 3 aromatic rings. The third-order valence-electron chi connectivity index (χ3n) is 4.17. The summed E-state index contributed by atoms with van der Waals surface area (Å²) in [6.45, 7) is 0. The van der Waals surface area contributed by atoms with Crippen LogP contribution in [0.25, 0.3) is 11.0 Å². The second-order valence-corrected chi connectivity index (χ2v) is 6.14. The van der Waals surface area contributed by atoms with E-state index < -0.39 is 16.7 Å². The van der Waals surface area contributed by atoms with E-state index in [4.69, 9.17) is 16.3 Å². The number of carbonyl (C=O) groups is 1. The number of hydrogen-bond acceptors (Lipinski definition) is 7. The molecule has 3 rings (SSSR count). The quantitative estimate of drug-likeness (QED) is 0.375. The molecule has 0 radical (unpaired) electrons. The molecule has 0 fully saturated rings. The number of aromatic nitrogens is 2. The maximum absolute atomic E-state index is 14.1. The van der Waals surface area contributed by atoms with Gasteiger partial charge in [0.25, 0.3) is 0 Å². The van der Waals surface area contributed by atoms with Crippen molar-refractivity contribution in [2.75, 3.05) is 24.8 Å². The number of nitrogens with zero attached hydrogens (tertiary/aromatic N) is 3. The average Bonchev–Trinajstić information content (AvgIpc) is 2.97. The molecule has 0 aliphatic carbocycles. The van der Waals surface area contributed by atoms with Crippen LogP contribution in [0.5, 0.6) is 0 Å². The topological polar surface area (TPSA) is 111 Å². The van der Waals surface area contributed by atoms with E-state index >= 15 is 0 Å². The van der Waals surface area contributed by atoms with E-state index in [0.29, 0.717) is 0 Å². The van der Waals surface area contributed by atoms with E-state index in [9.17, 15) is 19.3 Å². The lowest BCUT2D eigenvalue weighted by Crippen LogP contribution is -2.09. The third kappa shape index (κ3) is 3.07. The number of imidazole rings is 1. The number of aryl methyl sites for hydroxylation is 1. The number of hydrogen-bond donors (Lipinski definition) is 2. The van der Waals surface area contributed by atoms with Gasteiger partial charge in [0.15, 0.2) is 5.52 Å². The third-order valence-corrected chi connectivity index (χ3v) is 4.49. The summed E-state index contributed by atoms with van der Waals surface area (Å²) in [5, 5.41) is 17.3. The molecular weight excluding hydrogens is 393 g/mol. The Kier molecular flexibility index (Phi) is 5.06. The first-order valence-corrected chi connectivity index (χ1v) is 8.32. The fourth-order valence-corrected chi connectivity index (χ4v) is 3.11. The van der Waals surface area contributed by atoms with Crippen LogP contribution in [0.2, 0.25) is 5.02 Å². The normalized spacial score (nSPS) is 10.8. The molecule has 146 valence electrons. The molecule has 1 heterocycles. The SMILES string of the molecule is CNc1c(C(=O)OC)cc2nc(Nc3c(F)cccc3Cl)n(C)c2c1[N+](=O)[O-]. The van der Waals surface area contributed by atoms with Crippen LogP contribution < -0.4 is 10.6 Å². The molecule has 11 heteroatoms. The van der Waals surface area contributed by atoms with Crippen molar-refractivity contribution in [2.24, 2.45) is 7.05 Å². The number of esters is 1. The number of benzene rings is 2. The summed E-state index contributed by atoms with van der Waals surface area (Å²) >= 11 is 6.03. The highest BCUT2D eigenvalue weighted by atomic mass is 35.5. The van der Waals surface area contributed by atoms with Crippen molar-refractivity contribution in [2.45, 2.75) is 0 Å². The van der Waals surface area contributed by atoms with E-state index in [1.807, 2.05) is 0 Å². The van der Waals surface area contributed by atoms with Crippen molar-refractivity contribution in [1.29, 1.82) is 0 Å². The molecule has 0 aliphatic heterocycles. The van der Waals surface area contributed by atoms with Gasteiger partial charge in [0.05, 0.1) is 33.8 Å². The second-order valence-electron chi connectivity index (χ2n) is 5.73. The lowest BCUT2D eigenvalue weighted by atomic mass is 10.1. The van der Waals surface area contributed by atoms with Crippen molar-refractivity contribution >= 4 is 51.6 Å². The Morgan fingerprint density at radius 2 is 2.11 bits per heavy atom. The molecule has 1 aromatic heterocycles. The Morgan fingerprint density at radius 1 is 1.39 bits per heavy atom. The van der Waals surface area contributed by atoms with Crippen LogP contribution in [-0.4, -0.2) is 34.6 Å². The number of halogens is 2. The molecule has 2 aromatic carbocycles. The smallest absolute Gasteiger partial charge is 0.340 e. The first kappa shape index (κ1) is 19.4. The van der Waals surface area contributed by atoms with E-state index in [1.54, 1.807) is 0 Å². The van der Waals surface area contributed by atoms with Gasteiger partial charge < -0.3 is 19.9 Å². The van der Waals surface area contributed by atoms with Crippen LogP contribution in [0, 0.1) is 15.9 Å². The van der Waals surface area contributed by atoms with E-state index in [-0.39, 0.29) is 44.6 Å². The van der Waals surface area contributed by atoms with E-state index in [0.717, 1.165) is 0 Å². The zero-order valence-electron chi connectivity index (χ0n) is 15.0. The van der Waals surface area contributed by atoms with Gasteiger partial charge in [0, 0.05) is 14.1 Å². The van der Waals surface area contributed by atoms with Gasteiger partial charge in [-0.2, -0.15) is 0 Å². The number of carbonyl (C=O) groups excluding carboxylic acids is 1. The van der Waals surface area contributed by atoms with Crippen molar-refractivity contribution in [3.05, 3.63) is 50.8 Å². The first-order chi connectivity index (χ1) is 13.3. The molecule has 9 nitrogen and oxygen atoms in total. The van der Waals surface area contributed by atoms with Gasteiger partial charge in [-0.25, -0.2) is 14.2 Å². The van der Waals surface area contributed by atoms with Crippen LogP contribution in [0.1, 0.15) is 10.4 Å². The monoisotopic (exact) mass is 407 g/mol. The molecule has 28 heavy (non-hydrogen) atoms. The molecule has 0 spiro atoms. The maximum Gasteiger partial charge on any atom is 0.340 e. The van der Waals surface area contributed by atoms with Crippen LogP contribution in [0.15, 0.2) is 24.3 Å². The molecule has 0 bridgehead atoms. The summed E-state index contributed by atoms with van der Waals surface area (Å²) in [5.74, 6) is -1.26. The minimum atomic E-state index is -0.758. The van der Waals surface area contributed by atoms with Gasteiger partial charge >= 0.3 is 11.7 Å². The number of nitro benzene ring substituents is 1. The zero-order chi connectivity index (χ0) is 20.6. The minimum absolute atomic E-state index is 0.0113. The summed E-state index contributed by atoms with van der Waals surface area (Å²) in [5.41, 5.74) is -0.142. The predicted molar refractivity (Wildman–Crippen MR) is 103 cm³/mol. The van der Waals surface area contributed by atoms with Crippen molar-refractivity contribution in [3.63, 3.8) is 0 Å². The number of ether oxygens (including phenoxy) is 1. The Labute approximate surface area is 163 Å². The summed E-state index contributed by atoms with van der Waals surface area (Å²) < 4.78 is 20.2. The number of rotatable bonds is 5. The lowest BCUT2D eigenvalue weighted by molar-refractivity contribution is -0.382. The maximum atomic E-state index is 14.1. The van der Waals surface area contributed by atoms with Gasteiger partial charge in [-0.3, -0.25) is 10.1 Å². The van der Waals surface area contributed by atoms with Gasteiger partial charge in [-0.15, -0.1) is 0 Å². The highest BCUT2D eigenvalue weighted by molar-refractivity contribution is 6.33. The summed E-state index contributed by atoms with van der Waals surface area (Å²) in [6.07, 6.45) is 0. The fourth-order valence-electron chi connectivity index (χ4n) is 2.90. The molecule has 2 N–H and O–H groups in total. The van der Waals surface area contributed by atoms with Gasteiger partial charge in [0.1, 0.15) is 11.5 Å². The molecule has 0 aliphatic rings. The summed E-state index contributed by atoms with van der Waals surface area (Å²) in [6, 6.07) is 5.53. The van der Waals surface area contributed by atoms with Crippen LogP contribution in [0.3, 0.4) is 0 Å². The Hall–Kier alpha value is -3.40. The van der Waals surface area contributed by atoms with Crippen molar-refractivity contribution < 1.29 is 18.8 Å². The average molecular weight is 408 g/mol. The van der Waals surface area contributed by atoms with Gasteiger partial charge in [-0.05, 0) is 18.2 Å². The number of para-hydroxylation sites is 1. The lowest BCUT2D eigenvalue weighted by Gasteiger charge is -2.10. The standard InChI is InChI=1S/C17H15ClFN5O4/c1-20-12-8(16(25)28-3)7-11-14(15(12)24(26)27)23(2)17(21-11)22-13-9(18)5-4-6-10(13)19/h4-7,20H,1-3H3,(H,21,22). The molecule has 0 saturated carbocycles. The second kappa shape index (κ2) is 7.31. The number of fused-ring (bicyclic) bond motifs is 1. The molecule has 0 saturated heterocycles. The molecular formula is C17H15ClFN5O4. The Bertz CT molecular complexity index is 1090. The number of nitrogens with one attached hydrogen (secondary N) is 2. The highest BCUT2D eigenvalue weighted by Crippen LogP contribution is 2.39. The minimum Gasteiger partial charge on any atom is -0.465 e. The fraction of sp³-hybridized carbons (Fsp3) is 0.176. The van der Waals surface area contributed by atoms with E-state index in [1.165, 1.54) is 50.0 Å². The number of anilines is 3. The highest BCUT2D eigenvalue weighted by Gasteiger charge is 2.29. The van der Waals surface area contributed by atoms with Crippen LogP contribution in [0.4, 0.5) is 27.4 Å². The van der Waals surface area contributed by atoms with Crippen LogP contribution in [-0.2, 0) is 11.8 Å². The summed E-state index contributed by atoms with van der Waals surface area (Å²) in [4.78, 5) is 27.5. The number of methoxy groups -OCH3 is 1. The van der Waals surface area contributed by atoms with Crippen molar-refractivity contribution in [1.82, 2.24) is 9.55 Å². The summed E-state index contributed by atoms with van der Waals surface area (Å²) in [7, 11) is 4.15. The first-order valence-electron chi connectivity index (χ1n) is 7.95. The van der Waals surface area contributed by atoms with Gasteiger partial charge in [-0.1, -0.05) is 17.7 Å². The van der Waals surface area contributed by atoms with Gasteiger partial charge in [0.2, 0.25) is 5.95 Å². The Morgan fingerprint density at radius 3 is 2.68 bits per heavy atom. The van der Waals surface area contributed by atoms with Crippen LogP contribution >= 0.6 is 11.6 Å². The van der Waals surface area contributed by atoms with Crippen molar-refractivity contribution in [3.8, 4) is 0 Å². The van der Waals surface area contributed by atoms with E-state index in [2.05, 4.69) is 15.6 Å². The number of nitro groups is 1. The molecule has 0 unspecified atom stereocenters. The zero-order valence-corrected chi connectivity index (χ0v) is 15.8. The molecule has 0 atom stereocenters. The molecule has 0 amide bonds. The predicted octanol–water partition coefficient (Wildman–Crippen LogP) is 3.85.